The van der Waals surface area contributed by atoms with Crippen molar-refractivity contribution >= 4 is 9.84 Å². The number of likely N-dealkylation sites (tertiary alicyclic amines) is 1. The van der Waals surface area contributed by atoms with Crippen molar-refractivity contribution in [1.82, 2.24) is 15.1 Å². The van der Waals surface area contributed by atoms with E-state index in [-0.39, 0.29) is 16.6 Å². The normalized spacial score (nSPS) is 18.8. The Hall–Kier alpha value is -1.93. The molecule has 0 bridgehead atoms. The van der Waals surface area contributed by atoms with Crippen molar-refractivity contribution in [2.75, 3.05) is 32.5 Å². The highest BCUT2D eigenvalue weighted by atomic mass is 32.2. The van der Waals surface area contributed by atoms with Crippen molar-refractivity contribution in [3.63, 3.8) is 0 Å². The van der Waals surface area contributed by atoms with Crippen LogP contribution in [0.1, 0.15) is 18.0 Å². The summed E-state index contributed by atoms with van der Waals surface area (Å²) in [7, 11) is -3.27. The molecule has 1 aliphatic heterocycles. The number of rotatable bonds is 6. The first kappa shape index (κ1) is 16.9. The molecular weight excluding hydrogens is 333 g/mol. The Morgan fingerprint density at radius 1 is 1.38 bits per heavy atom. The van der Waals surface area contributed by atoms with E-state index in [1.165, 1.54) is 24.6 Å². The summed E-state index contributed by atoms with van der Waals surface area (Å²) in [4.78, 5) is 2.51. The zero-order valence-corrected chi connectivity index (χ0v) is 14.2. The molecule has 0 amide bonds. The molecule has 0 spiro atoms. The molecule has 2 heterocycles. The van der Waals surface area contributed by atoms with Crippen LogP contribution in [0.3, 0.4) is 0 Å². The molecule has 0 radical (unpaired) electrons. The highest BCUT2D eigenvalue weighted by Gasteiger charge is 2.29. The number of nitrogens with zero attached hydrogens (tertiary/aromatic N) is 2. The quantitative estimate of drug-likeness (QED) is 0.857. The van der Waals surface area contributed by atoms with Crippen molar-refractivity contribution in [3.05, 3.63) is 42.0 Å². The van der Waals surface area contributed by atoms with Crippen LogP contribution < -0.4 is 4.74 Å². The number of halogens is 1. The van der Waals surface area contributed by atoms with Gasteiger partial charge in [0.05, 0.1) is 11.9 Å². The highest BCUT2D eigenvalue weighted by Crippen LogP contribution is 2.29. The minimum absolute atomic E-state index is 0.128. The predicted molar refractivity (Wildman–Crippen MR) is 87.4 cm³/mol. The second kappa shape index (κ2) is 6.90. The minimum Gasteiger partial charge on any atom is -0.492 e. The van der Waals surface area contributed by atoms with E-state index in [4.69, 9.17) is 4.74 Å². The van der Waals surface area contributed by atoms with Gasteiger partial charge in [0.25, 0.3) is 0 Å². The van der Waals surface area contributed by atoms with Gasteiger partial charge >= 0.3 is 0 Å². The first-order chi connectivity index (χ1) is 11.4. The van der Waals surface area contributed by atoms with E-state index in [9.17, 15) is 12.8 Å². The molecular formula is C16H20FN3O3S. The molecule has 1 aromatic heterocycles. The molecule has 3 rings (SSSR count). The van der Waals surface area contributed by atoms with E-state index in [1.54, 1.807) is 12.1 Å². The Morgan fingerprint density at radius 3 is 2.83 bits per heavy atom. The Bertz CT molecular complexity index is 789. The van der Waals surface area contributed by atoms with Gasteiger partial charge in [-0.25, -0.2) is 12.8 Å². The van der Waals surface area contributed by atoms with Crippen molar-refractivity contribution in [2.45, 2.75) is 17.2 Å². The number of hydrogen-bond acceptors (Lipinski definition) is 5. The molecule has 1 N–H and O–H groups in total. The zero-order valence-electron chi connectivity index (χ0n) is 13.4. The fraction of sp³-hybridized carbons (Fsp3) is 0.438. The molecule has 8 heteroatoms. The number of ether oxygens (including phenoxy) is 1. The third-order valence-corrected chi connectivity index (χ3v) is 5.33. The molecule has 1 aliphatic rings. The predicted octanol–water partition coefficient (Wildman–Crippen LogP) is 1.82. The Balaban J connectivity index is 1.53. The van der Waals surface area contributed by atoms with Crippen molar-refractivity contribution in [2.24, 2.45) is 0 Å². The molecule has 24 heavy (non-hydrogen) atoms. The van der Waals surface area contributed by atoms with Crippen LogP contribution in [0.2, 0.25) is 0 Å². The van der Waals surface area contributed by atoms with Gasteiger partial charge in [-0.3, -0.25) is 10.00 Å². The zero-order chi connectivity index (χ0) is 17.2. The van der Waals surface area contributed by atoms with Crippen LogP contribution in [0.25, 0.3) is 0 Å². The van der Waals surface area contributed by atoms with Gasteiger partial charge in [0, 0.05) is 25.3 Å². The monoisotopic (exact) mass is 353 g/mol. The van der Waals surface area contributed by atoms with Gasteiger partial charge in [-0.05, 0) is 37.2 Å². The van der Waals surface area contributed by atoms with Crippen LogP contribution in [0.4, 0.5) is 4.39 Å². The van der Waals surface area contributed by atoms with Gasteiger partial charge in [0.15, 0.2) is 9.84 Å². The average Bonchev–Trinajstić information content (AvgIpc) is 3.17. The maximum absolute atomic E-state index is 12.8. The molecule has 0 saturated carbocycles. The van der Waals surface area contributed by atoms with Crippen LogP contribution in [-0.2, 0) is 9.84 Å². The maximum atomic E-state index is 12.8. The minimum atomic E-state index is -3.27. The molecule has 0 aliphatic carbocycles. The molecule has 1 aromatic carbocycles. The van der Waals surface area contributed by atoms with Crippen LogP contribution in [0, 0.1) is 5.82 Å². The van der Waals surface area contributed by atoms with Crippen molar-refractivity contribution in [1.29, 1.82) is 0 Å². The molecule has 0 unspecified atom stereocenters. The molecule has 1 atom stereocenters. The summed E-state index contributed by atoms with van der Waals surface area (Å²) in [5.74, 6) is 0.481. The van der Waals surface area contributed by atoms with Crippen LogP contribution in [0.5, 0.6) is 5.75 Å². The summed E-state index contributed by atoms with van der Waals surface area (Å²) >= 11 is 0. The van der Waals surface area contributed by atoms with E-state index < -0.39 is 9.84 Å². The van der Waals surface area contributed by atoms with E-state index in [0.29, 0.717) is 18.1 Å². The summed E-state index contributed by atoms with van der Waals surface area (Å²) in [5.41, 5.74) is 0.694. The number of nitrogens with one attached hydrogen (secondary N) is 1. The van der Waals surface area contributed by atoms with Gasteiger partial charge in [-0.1, -0.05) is 0 Å². The Morgan fingerprint density at radius 2 is 2.12 bits per heavy atom. The number of aromatic amines is 1. The van der Waals surface area contributed by atoms with E-state index in [1.807, 2.05) is 0 Å². The smallest absolute Gasteiger partial charge is 0.178 e. The Labute approximate surface area is 140 Å². The number of H-pyrrole nitrogens is 1. The fourth-order valence-electron chi connectivity index (χ4n) is 2.97. The maximum Gasteiger partial charge on any atom is 0.178 e. The summed E-state index contributed by atoms with van der Waals surface area (Å²) in [5, 5.41) is 6.73. The van der Waals surface area contributed by atoms with E-state index >= 15 is 0 Å². The lowest BCUT2D eigenvalue weighted by Crippen LogP contribution is -2.26. The lowest BCUT2D eigenvalue weighted by atomic mass is 10.1. The van der Waals surface area contributed by atoms with E-state index in [2.05, 4.69) is 15.1 Å². The standard InChI is InChI=1S/C16H20FN3O3S/c1-24(21,22)15-10-18-19-16(15)12-6-7-20(11-12)8-9-23-14-4-2-13(17)3-5-14/h2-5,10,12H,6-9,11H2,1H3,(H,18,19)/t12-/m1/s1. The van der Waals surface area contributed by atoms with Gasteiger partial charge < -0.3 is 4.74 Å². The van der Waals surface area contributed by atoms with Gasteiger partial charge in [0.2, 0.25) is 0 Å². The topological polar surface area (TPSA) is 75.3 Å². The number of benzene rings is 1. The van der Waals surface area contributed by atoms with E-state index in [0.717, 1.165) is 26.1 Å². The third kappa shape index (κ3) is 3.93. The number of aromatic nitrogens is 2. The van der Waals surface area contributed by atoms with Gasteiger partial charge in [-0.2, -0.15) is 5.10 Å². The molecule has 1 fully saturated rings. The highest BCUT2D eigenvalue weighted by molar-refractivity contribution is 7.90. The van der Waals surface area contributed by atoms with Crippen molar-refractivity contribution in [3.8, 4) is 5.75 Å². The molecule has 2 aromatic rings. The first-order valence-corrected chi connectivity index (χ1v) is 9.66. The lowest BCUT2D eigenvalue weighted by Gasteiger charge is -2.16. The Kier molecular flexibility index (Phi) is 4.86. The SMILES string of the molecule is CS(=O)(=O)c1cn[nH]c1[C@@H]1CCN(CCOc2ccc(F)cc2)C1. The molecule has 130 valence electrons. The summed E-state index contributed by atoms with van der Waals surface area (Å²) < 4.78 is 42.0. The van der Waals surface area contributed by atoms with Crippen LogP contribution in [0.15, 0.2) is 35.4 Å². The largest absolute Gasteiger partial charge is 0.492 e. The lowest BCUT2D eigenvalue weighted by molar-refractivity contribution is 0.235. The van der Waals surface area contributed by atoms with Crippen LogP contribution in [-0.4, -0.2) is 56.0 Å². The third-order valence-electron chi connectivity index (χ3n) is 4.20. The average molecular weight is 353 g/mol. The molecule has 1 saturated heterocycles. The summed E-state index contributed by atoms with van der Waals surface area (Å²) in [6.45, 7) is 2.87. The number of hydrogen-bond donors (Lipinski definition) is 1. The summed E-state index contributed by atoms with van der Waals surface area (Å²) in [6.07, 6.45) is 3.46. The van der Waals surface area contributed by atoms with Gasteiger partial charge in [-0.15, -0.1) is 0 Å². The van der Waals surface area contributed by atoms with Crippen molar-refractivity contribution < 1.29 is 17.5 Å². The van der Waals surface area contributed by atoms with Gasteiger partial charge in [0.1, 0.15) is 23.1 Å². The fourth-order valence-corrected chi connectivity index (χ4v) is 3.82. The second-order valence-corrected chi connectivity index (χ2v) is 7.99. The van der Waals surface area contributed by atoms with Crippen LogP contribution >= 0.6 is 0 Å². The number of sulfone groups is 1. The summed E-state index contributed by atoms with van der Waals surface area (Å²) in [6, 6.07) is 5.94. The first-order valence-electron chi connectivity index (χ1n) is 7.77. The molecule has 6 nitrogen and oxygen atoms in total. The second-order valence-electron chi connectivity index (χ2n) is 6.01.